The van der Waals surface area contributed by atoms with Crippen LogP contribution in [0.5, 0.6) is 0 Å². The van der Waals surface area contributed by atoms with E-state index in [2.05, 4.69) is 10.4 Å². The second-order valence-corrected chi connectivity index (χ2v) is 3.64. The Morgan fingerprint density at radius 1 is 1.83 bits per heavy atom. The van der Waals surface area contributed by atoms with E-state index >= 15 is 0 Å². The molecule has 5 nitrogen and oxygen atoms in total. The molecule has 0 aromatic carbocycles. The highest BCUT2D eigenvalue weighted by Crippen LogP contribution is 2.17. The first-order valence-electron chi connectivity index (χ1n) is 3.39. The molecule has 0 aliphatic carbocycles. The van der Waals surface area contributed by atoms with Gasteiger partial charge in [0.05, 0.1) is 16.3 Å². The SMILES string of the molecule is O=C1NCC(O)n2ncc(I)c21. The summed E-state index contributed by atoms with van der Waals surface area (Å²) < 4.78 is 2.09. The molecule has 1 aliphatic rings. The Bertz CT molecular complexity index is 336. The summed E-state index contributed by atoms with van der Waals surface area (Å²) in [5.41, 5.74) is 0.439. The number of hydrogen-bond donors (Lipinski definition) is 2. The number of aliphatic hydroxyl groups is 1. The van der Waals surface area contributed by atoms with Gasteiger partial charge in [-0.3, -0.25) is 4.79 Å². The molecule has 1 amide bonds. The zero-order chi connectivity index (χ0) is 8.72. The Kier molecular flexibility index (Phi) is 1.80. The zero-order valence-electron chi connectivity index (χ0n) is 5.99. The molecular weight excluding hydrogens is 273 g/mol. The van der Waals surface area contributed by atoms with Gasteiger partial charge in [-0.25, -0.2) is 4.68 Å². The lowest BCUT2D eigenvalue weighted by molar-refractivity contribution is 0.0591. The molecule has 64 valence electrons. The van der Waals surface area contributed by atoms with E-state index in [4.69, 9.17) is 0 Å². The van der Waals surface area contributed by atoms with Gasteiger partial charge >= 0.3 is 0 Å². The third-order valence-electron chi connectivity index (χ3n) is 1.69. The molecule has 1 atom stereocenters. The number of fused-ring (bicyclic) bond motifs is 1. The summed E-state index contributed by atoms with van der Waals surface area (Å²) >= 11 is 2.01. The standard InChI is InChI=1S/C6H6IN3O2/c7-3-1-9-10-4(11)2-8-6(12)5(3)10/h1,4,11H,2H2,(H,8,12). The fraction of sp³-hybridized carbons (Fsp3) is 0.333. The van der Waals surface area contributed by atoms with Gasteiger partial charge in [0, 0.05) is 0 Å². The molecule has 1 aromatic heterocycles. The molecule has 2 N–H and O–H groups in total. The van der Waals surface area contributed by atoms with Gasteiger partial charge in [-0.2, -0.15) is 5.10 Å². The highest BCUT2D eigenvalue weighted by Gasteiger charge is 2.26. The van der Waals surface area contributed by atoms with Crippen LogP contribution < -0.4 is 5.32 Å². The number of nitrogens with one attached hydrogen (secondary N) is 1. The van der Waals surface area contributed by atoms with Crippen LogP contribution in [-0.2, 0) is 0 Å². The Morgan fingerprint density at radius 2 is 2.58 bits per heavy atom. The second kappa shape index (κ2) is 2.70. The first kappa shape index (κ1) is 7.99. The minimum Gasteiger partial charge on any atom is -0.370 e. The monoisotopic (exact) mass is 279 g/mol. The second-order valence-electron chi connectivity index (χ2n) is 2.48. The maximum Gasteiger partial charge on any atom is 0.270 e. The van der Waals surface area contributed by atoms with Crippen molar-refractivity contribution < 1.29 is 9.90 Å². The summed E-state index contributed by atoms with van der Waals surface area (Å²) in [5.74, 6) is -0.179. The van der Waals surface area contributed by atoms with Gasteiger partial charge in [0.15, 0.2) is 6.23 Å². The van der Waals surface area contributed by atoms with Crippen LogP contribution in [0.2, 0.25) is 0 Å². The van der Waals surface area contributed by atoms with Crippen molar-refractivity contribution in [1.82, 2.24) is 15.1 Å². The van der Waals surface area contributed by atoms with Gasteiger partial charge in [-0.1, -0.05) is 0 Å². The van der Waals surface area contributed by atoms with E-state index in [0.29, 0.717) is 5.69 Å². The summed E-state index contributed by atoms with van der Waals surface area (Å²) in [7, 11) is 0. The van der Waals surface area contributed by atoms with Crippen LogP contribution in [0.3, 0.4) is 0 Å². The molecule has 0 saturated carbocycles. The van der Waals surface area contributed by atoms with Crippen LogP contribution in [0, 0.1) is 3.57 Å². The molecule has 2 rings (SSSR count). The van der Waals surface area contributed by atoms with Crippen molar-refractivity contribution in [2.45, 2.75) is 6.23 Å². The molecule has 0 bridgehead atoms. The average Bonchev–Trinajstić information content (AvgIpc) is 2.42. The van der Waals surface area contributed by atoms with Crippen LogP contribution in [0.1, 0.15) is 16.7 Å². The van der Waals surface area contributed by atoms with Gasteiger partial charge in [0.1, 0.15) is 5.69 Å². The van der Waals surface area contributed by atoms with Crippen molar-refractivity contribution in [2.75, 3.05) is 6.54 Å². The molecule has 12 heavy (non-hydrogen) atoms. The first-order valence-corrected chi connectivity index (χ1v) is 4.47. The molecule has 2 heterocycles. The number of β-amino-alcohol motifs (C(OH)–C–C–N with tert-alkyl or cyclic N) is 1. The summed E-state index contributed by atoms with van der Waals surface area (Å²) in [6.45, 7) is 0.226. The molecule has 0 saturated heterocycles. The van der Waals surface area contributed by atoms with Crippen LogP contribution in [0.15, 0.2) is 6.20 Å². The lowest BCUT2D eigenvalue weighted by Gasteiger charge is -2.20. The predicted octanol–water partition coefficient (Wildman–Crippen LogP) is -0.278. The quantitative estimate of drug-likeness (QED) is 0.642. The van der Waals surface area contributed by atoms with Crippen LogP contribution in [0.25, 0.3) is 0 Å². The van der Waals surface area contributed by atoms with Crippen molar-refractivity contribution in [1.29, 1.82) is 0 Å². The topological polar surface area (TPSA) is 67.2 Å². The Morgan fingerprint density at radius 3 is 3.25 bits per heavy atom. The number of hydrogen-bond acceptors (Lipinski definition) is 3. The summed E-state index contributed by atoms with van der Waals surface area (Å²) in [6.07, 6.45) is 0.825. The Balaban J connectivity index is 2.57. The fourth-order valence-electron chi connectivity index (χ4n) is 1.13. The van der Waals surface area contributed by atoms with Gasteiger partial charge in [-0.15, -0.1) is 0 Å². The van der Waals surface area contributed by atoms with Crippen LogP contribution >= 0.6 is 22.6 Å². The number of nitrogens with zero attached hydrogens (tertiary/aromatic N) is 2. The molecule has 6 heteroatoms. The van der Waals surface area contributed by atoms with Crippen molar-refractivity contribution in [3.63, 3.8) is 0 Å². The molecule has 1 unspecified atom stereocenters. The van der Waals surface area contributed by atoms with Gasteiger partial charge in [0.25, 0.3) is 5.91 Å². The van der Waals surface area contributed by atoms with E-state index in [1.165, 1.54) is 4.68 Å². The summed E-state index contributed by atoms with van der Waals surface area (Å²) in [4.78, 5) is 11.2. The highest BCUT2D eigenvalue weighted by molar-refractivity contribution is 14.1. The molecule has 0 radical (unpaired) electrons. The maximum atomic E-state index is 11.2. The number of rotatable bonds is 0. The van der Waals surface area contributed by atoms with E-state index < -0.39 is 6.23 Å². The minimum absolute atomic E-state index is 0.179. The van der Waals surface area contributed by atoms with E-state index in [1.54, 1.807) is 6.20 Å². The largest absolute Gasteiger partial charge is 0.370 e. The third kappa shape index (κ3) is 1.02. The number of aliphatic hydroxyl groups excluding tert-OH is 1. The number of carbonyl (C=O) groups is 1. The summed E-state index contributed by atoms with van der Waals surface area (Å²) in [6, 6.07) is 0. The predicted molar refractivity (Wildman–Crippen MR) is 48.5 cm³/mol. The minimum atomic E-state index is -0.735. The number of halogens is 1. The maximum absolute atomic E-state index is 11.2. The van der Waals surface area contributed by atoms with Gasteiger partial charge in [0.2, 0.25) is 0 Å². The lowest BCUT2D eigenvalue weighted by Crippen LogP contribution is -2.39. The van der Waals surface area contributed by atoms with Crippen LogP contribution in [0.4, 0.5) is 0 Å². The third-order valence-corrected chi connectivity index (χ3v) is 2.48. The zero-order valence-corrected chi connectivity index (χ0v) is 8.15. The van der Waals surface area contributed by atoms with Crippen molar-refractivity contribution in [3.8, 4) is 0 Å². The Hall–Kier alpha value is -0.630. The van der Waals surface area contributed by atoms with E-state index in [1.807, 2.05) is 22.6 Å². The summed E-state index contributed by atoms with van der Waals surface area (Å²) in [5, 5.41) is 15.8. The highest BCUT2D eigenvalue weighted by atomic mass is 127. The smallest absolute Gasteiger partial charge is 0.270 e. The van der Waals surface area contributed by atoms with Gasteiger partial charge < -0.3 is 10.4 Å². The number of carbonyl (C=O) groups excluding carboxylic acids is 1. The first-order chi connectivity index (χ1) is 5.70. The number of aromatic nitrogens is 2. The number of amides is 1. The molecule has 0 spiro atoms. The van der Waals surface area contributed by atoms with E-state index in [-0.39, 0.29) is 12.5 Å². The molecule has 0 fully saturated rings. The van der Waals surface area contributed by atoms with Crippen molar-refractivity contribution in [3.05, 3.63) is 15.5 Å². The average molecular weight is 279 g/mol. The molecule has 1 aliphatic heterocycles. The lowest BCUT2D eigenvalue weighted by atomic mass is 10.3. The van der Waals surface area contributed by atoms with E-state index in [9.17, 15) is 9.90 Å². The Labute approximate surface area is 81.9 Å². The van der Waals surface area contributed by atoms with Gasteiger partial charge in [-0.05, 0) is 22.6 Å². The van der Waals surface area contributed by atoms with Crippen molar-refractivity contribution >= 4 is 28.5 Å². The van der Waals surface area contributed by atoms with E-state index in [0.717, 1.165) is 3.57 Å². The van der Waals surface area contributed by atoms with Crippen molar-refractivity contribution in [2.24, 2.45) is 0 Å². The van der Waals surface area contributed by atoms with Crippen LogP contribution in [-0.4, -0.2) is 27.3 Å². The molecule has 1 aromatic rings. The normalized spacial score (nSPS) is 21.8. The fourth-order valence-corrected chi connectivity index (χ4v) is 1.75. The molecular formula is C6H6IN3O2.